The second kappa shape index (κ2) is 4.58. The molecule has 4 rings (SSSR count). The van der Waals surface area contributed by atoms with Crippen LogP contribution in [0.1, 0.15) is 44.9 Å². The number of hydrogen-bond acceptors (Lipinski definition) is 4. The summed E-state index contributed by atoms with van der Waals surface area (Å²) < 4.78 is 31.5. The first-order valence-electron chi connectivity index (χ1n) is 6.54. The van der Waals surface area contributed by atoms with Gasteiger partial charge in [0.25, 0.3) is 0 Å². The van der Waals surface area contributed by atoms with Crippen molar-refractivity contribution in [1.82, 2.24) is 0 Å². The van der Waals surface area contributed by atoms with E-state index in [1.165, 1.54) is 19.3 Å². The molecule has 0 radical (unpaired) electrons. The lowest BCUT2D eigenvalue weighted by Gasteiger charge is -2.57. The molecule has 4 fully saturated rings. The zero-order valence-electron chi connectivity index (χ0n) is 10.1. The number of alkyl halides is 2. The van der Waals surface area contributed by atoms with E-state index in [0.717, 1.165) is 19.3 Å². The highest BCUT2D eigenvalue weighted by molar-refractivity contribution is 7.95. The van der Waals surface area contributed by atoms with Gasteiger partial charge in [-0.05, 0) is 61.7 Å². The summed E-state index contributed by atoms with van der Waals surface area (Å²) in [7, 11) is 0. The van der Waals surface area contributed by atoms with Crippen molar-refractivity contribution < 1.29 is 23.4 Å². The van der Waals surface area contributed by atoms with Gasteiger partial charge < -0.3 is 0 Å². The van der Waals surface area contributed by atoms with E-state index in [0.29, 0.717) is 17.8 Å². The molecule has 4 saturated carbocycles. The third kappa shape index (κ3) is 2.53. The SMILES string of the molecule is OOOSC(F)(F)CC12CC3CC(CC(C3)C1)C2. The maximum atomic E-state index is 13.8. The second-order valence-electron chi connectivity index (χ2n) is 6.46. The fraction of sp³-hybridized carbons (Fsp3) is 1.00. The molecule has 3 nitrogen and oxygen atoms in total. The first-order chi connectivity index (χ1) is 8.50. The van der Waals surface area contributed by atoms with E-state index in [4.69, 9.17) is 5.26 Å². The first-order valence-corrected chi connectivity index (χ1v) is 7.28. The predicted octanol–water partition coefficient (Wildman–Crippen LogP) is 4.26. The molecule has 0 amide bonds. The van der Waals surface area contributed by atoms with Crippen LogP contribution in [-0.4, -0.2) is 10.5 Å². The van der Waals surface area contributed by atoms with E-state index in [2.05, 4.69) is 9.37 Å². The summed E-state index contributed by atoms with van der Waals surface area (Å²) in [4.78, 5) is 0. The second-order valence-corrected chi connectivity index (χ2v) is 7.36. The standard InChI is InChI=1S/C12H18F2O3S/c13-12(14,18-17-16-15)7-11-4-8-1-9(5-11)3-10(2-8)6-11/h8-10,15H,1-7H2. The molecule has 0 aromatic carbocycles. The summed E-state index contributed by atoms with van der Waals surface area (Å²) in [6.45, 7) is 0. The van der Waals surface area contributed by atoms with E-state index < -0.39 is 5.25 Å². The van der Waals surface area contributed by atoms with Gasteiger partial charge in [0.15, 0.2) is 0 Å². The molecule has 0 aliphatic heterocycles. The highest BCUT2D eigenvalue weighted by Crippen LogP contribution is 2.63. The molecule has 104 valence electrons. The molecule has 0 saturated heterocycles. The van der Waals surface area contributed by atoms with Crippen molar-refractivity contribution in [3.05, 3.63) is 0 Å². The Kier molecular flexibility index (Phi) is 3.33. The van der Waals surface area contributed by atoms with Gasteiger partial charge in [0.05, 0.1) is 0 Å². The van der Waals surface area contributed by atoms with Crippen LogP contribution in [0.4, 0.5) is 8.78 Å². The van der Waals surface area contributed by atoms with Crippen LogP contribution in [0.3, 0.4) is 0 Å². The van der Waals surface area contributed by atoms with Crippen LogP contribution in [0, 0.1) is 23.2 Å². The van der Waals surface area contributed by atoms with E-state index in [-0.39, 0.29) is 23.9 Å². The van der Waals surface area contributed by atoms with Gasteiger partial charge in [0.2, 0.25) is 0 Å². The molecule has 4 aliphatic carbocycles. The summed E-state index contributed by atoms with van der Waals surface area (Å²) in [6, 6.07) is 0. The highest BCUT2D eigenvalue weighted by Gasteiger charge is 2.54. The van der Waals surface area contributed by atoms with Crippen LogP contribution in [0.25, 0.3) is 0 Å². The molecule has 0 aromatic heterocycles. The van der Waals surface area contributed by atoms with Gasteiger partial charge in [-0.3, -0.25) is 0 Å². The third-order valence-corrected chi connectivity index (χ3v) is 5.45. The van der Waals surface area contributed by atoms with Crippen molar-refractivity contribution in [2.75, 3.05) is 0 Å². The number of rotatable bonds is 5. The van der Waals surface area contributed by atoms with Gasteiger partial charge in [-0.25, -0.2) is 5.26 Å². The quantitative estimate of drug-likeness (QED) is 0.464. The van der Waals surface area contributed by atoms with Crippen molar-refractivity contribution in [1.29, 1.82) is 0 Å². The first kappa shape index (κ1) is 13.1. The van der Waals surface area contributed by atoms with Gasteiger partial charge in [0.1, 0.15) is 12.0 Å². The molecule has 0 aromatic rings. The number of hydrogen-bond donors (Lipinski definition) is 1. The van der Waals surface area contributed by atoms with Crippen LogP contribution in [0.5, 0.6) is 0 Å². The monoisotopic (exact) mass is 280 g/mol. The lowest BCUT2D eigenvalue weighted by atomic mass is 9.49. The summed E-state index contributed by atoms with van der Waals surface area (Å²) >= 11 is -0.0779. The van der Waals surface area contributed by atoms with E-state index in [1.807, 2.05) is 0 Å². The molecule has 6 heteroatoms. The van der Waals surface area contributed by atoms with E-state index in [1.54, 1.807) is 0 Å². The fourth-order valence-corrected chi connectivity index (χ4v) is 5.53. The van der Waals surface area contributed by atoms with Crippen molar-refractivity contribution in [3.63, 3.8) is 0 Å². The van der Waals surface area contributed by atoms with Crippen molar-refractivity contribution in [3.8, 4) is 0 Å². The minimum atomic E-state index is -2.99. The summed E-state index contributed by atoms with van der Waals surface area (Å²) in [5.74, 6) is 1.98. The van der Waals surface area contributed by atoms with Crippen LogP contribution in [0.2, 0.25) is 0 Å². The Bertz CT molecular complexity index is 289. The Balaban J connectivity index is 1.68. The summed E-state index contributed by atoms with van der Waals surface area (Å²) in [6.07, 6.45) is 6.40. The highest BCUT2D eigenvalue weighted by atomic mass is 32.2. The Morgan fingerprint density at radius 1 is 1.11 bits per heavy atom. The topological polar surface area (TPSA) is 38.7 Å². The lowest BCUT2D eigenvalue weighted by molar-refractivity contribution is -0.433. The van der Waals surface area contributed by atoms with Gasteiger partial charge >= 0.3 is 5.25 Å². The van der Waals surface area contributed by atoms with E-state index >= 15 is 0 Å². The molecule has 4 bridgehead atoms. The smallest absolute Gasteiger partial charge is 0.220 e. The van der Waals surface area contributed by atoms with Crippen LogP contribution < -0.4 is 0 Å². The number of halogens is 2. The van der Waals surface area contributed by atoms with Gasteiger partial charge in [-0.15, -0.1) is 4.33 Å². The van der Waals surface area contributed by atoms with Crippen LogP contribution in [0.15, 0.2) is 0 Å². The van der Waals surface area contributed by atoms with Gasteiger partial charge in [0, 0.05) is 6.42 Å². The Morgan fingerprint density at radius 3 is 2.06 bits per heavy atom. The maximum Gasteiger partial charge on any atom is 0.321 e. The third-order valence-electron chi connectivity index (χ3n) is 4.93. The minimum Gasteiger partial charge on any atom is -0.220 e. The van der Waals surface area contributed by atoms with Crippen molar-refractivity contribution >= 4 is 12.0 Å². The predicted molar refractivity (Wildman–Crippen MR) is 62.6 cm³/mol. The normalized spacial score (nSPS) is 42.5. The largest absolute Gasteiger partial charge is 0.321 e. The molecule has 0 spiro atoms. The molecule has 1 N–H and O–H groups in total. The molecule has 4 aliphatic rings. The van der Waals surface area contributed by atoms with Crippen molar-refractivity contribution in [2.24, 2.45) is 23.2 Å². The average molecular weight is 280 g/mol. The molecule has 0 atom stereocenters. The van der Waals surface area contributed by atoms with Crippen LogP contribution in [-0.2, 0) is 9.37 Å². The Labute approximate surface area is 109 Å². The Hall–Kier alpha value is 0.0900. The molecular formula is C12H18F2O3S. The summed E-state index contributed by atoms with van der Waals surface area (Å²) in [5.41, 5.74) is -0.204. The molecule has 0 heterocycles. The maximum absolute atomic E-state index is 13.8. The average Bonchev–Trinajstić information content (AvgIpc) is 2.22. The minimum absolute atomic E-state index is 0.0779. The fourth-order valence-electron chi connectivity index (χ4n) is 5.04. The molecule has 0 unspecified atom stereocenters. The zero-order valence-corrected chi connectivity index (χ0v) is 10.9. The zero-order chi connectivity index (χ0) is 12.8. The Morgan fingerprint density at radius 2 is 1.61 bits per heavy atom. The van der Waals surface area contributed by atoms with Gasteiger partial charge in [-0.1, -0.05) is 5.04 Å². The van der Waals surface area contributed by atoms with E-state index in [9.17, 15) is 8.78 Å². The summed E-state index contributed by atoms with van der Waals surface area (Å²) in [5, 5.41) is 8.27. The lowest BCUT2D eigenvalue weighted by Crippen LogP contribution is -2.47. The van der Waals surface area contributed by atoms with Crippen molar-refractivity contribution in [2.45, 2.75) is 50.2 Å². The van der Waals surface area contributed by atoms with Gasteiger partial charge in [-0.2, -0.15) is 8.78 Å². The van der Waals surface area contributed by atoms with Crippen LogP contribution >= 0.6 is 12.0 Å². The molecular weight excluding hydrogens is 262 g/mol. The molecule has 18 heavy (non-hydrogen) atoms.